The predicted octanol–water partition coefficient (Wildman–Crippen LogP) is 3.26. The number of thiazole rings is 1. The van der Waals surface area contributed by atoms with Gasteiger partial charge in [0.25, 0.3) is 0 Å². The second kappa shape index (κ2) is 5.61. The smallest absolute Gasteiger partial charge is 0.107 e. The molecule has 1 aliphatic carbocycles. The SMILES string of the molecule is Cc1csc(CNC2CCCCCC2)n1. The first-order valence-electron chi connectivity index (χ1n) is 5.99. The van der Waals surface area contributed by atoms with E-state index in [1.807, 2.05) is 0 Å². The molecule has 0 radical (unpaired) electrons. The lowest BCUT2D eigenvalue weighted by atomic mass is 10.1. The molecule has 2 rings (SSSR count). The summed E-state index contributed by atoms with van der Waals surface area (Å²) in [5.74, 6) is 0. The number of rotatable bonds is 3. The lowest BCUT2D eigenvalue weighted by Gasteiger charge is -2.14. The quantitative estimate of drug-likeness (QED) is 0.797. The Morgan fingerprint density at radius 2 is 2.07 bits per heavy atom. The van der Waals surface area contributed by atoms with Crippen LogP contribution in [0.5, 0.6) is 0 Å². The highest BCUT2D eigenvalue weighted by Gasteiger charge is 2.11. The Morgan fingerprint density at radius 3 is 2.67 bits per heavy atom. The van der Waals surface area contributed by atoms with Gasteiger partial charge in [-0.2, -0.15) is 0 Å². The molecule has 2 nitrogen and oxygen atoms in total. The van der Waals surface area contributed by atoms with Gasteiger partial charge in [-0.3, -0.25) is 0 Å². The Kier molecular flexibility index (Phi) is 4.15. The summed E-state index contributed by atoms with van der Waals surface area (Å²) < 4.78 is 0. The fraction of sp³-hybridized carbons (Fsp3) is 0.750. The van der Waals surface area contributed by atoms with Crippen LogP contribution in [0.2, 0.25) is 0 Å². The minimum Gasteiger partial charge on any atom is -0.308 e. The lowest BCUT2D eigenvalue weighted by Crippen LogP contribution is -2.27. The summed E-state index contributed by atoms with van der Waals surface area (Å²) in [7, 11) is 0. The normalized spacial score (nSPS) is 19.0. The van der Waals surface area contributed by atoms with Crippen LogP contribution in [0.1, 0.15) is 49.2 Å². The molecule has 1 aromatic rings. The highest BCUT2D eigenvalue weighted by atomic mass is 32.1. The predicted molar refractivity (Wildman–Crippen MR) is 65.2 cm³/mol. The van der Waals surface area contributed by atoms with Crippen molar-refractivity contribution < 1.29 is 0 Å². The van der Waals surface area contributed by atoms with Crippen LogP contribution in [0.15, 0.2) is 5.38 Å². The minimum absolute atomic E-state index is 0.733. The minimum atomic E-state index is 0.733. The number of nitrogens with one attached hydrogen (secondary N) is 1. The zero-order valence-corrected chi connectivity index (χ0v) is 10.3. The largest absolute Gasteiger partial charge is 0.308 e. The molecule has 0 unspecified atom stereocenters. The number of hydrogen-bond donors (Lipinski definition) is 1. The topological polar surface area (TPSA) is 24.9 Å². The van der Waals surface area contributed by atoms with Gasteiger partial charge in [0.2, 0.25) is 0 Å². The van der Waals surface area contributed by atoms with Crippen LogP contribution in [-0.2, 0) is 6.54 Å². The zero-order chi connectivity index (χ0) is 10.5. The molecule has 0 amide bonds. The number of nitrogens with zero attached hydrogens (tertiary/aromatic N) is 1. The molecule has 0 saturated heterocycles. The van der Waals surface area contributed by atoms with Gasteiger partial charge in [-0.05, 0) is 19.8 Å². The maximum Gasteiger partial charge on any atom is 0.107 e. The molecule has 0 spiro atoms. The summed E-state index contributed by atoms with van der Waals surface area (Å²) in [4.78, 5) is 4.47. The summed E-state index contributed by atoms with van der Waals surface area (Å²) >= 11 is 1.77. The van der Waals surface area contributed by atoms with Gasteiger partial charge in [-0.25, -0.2) is 4.98 Å². The lowest BCUT2D eigenvalue weighted by molar-refractivity contribution is 0.458. The van der Waals surface area contributed by atoms with E-state index in [1.54, 1.807) is 11.3 Å². The molecule has 1 fully saturated rings. The van der Waals surface area contributed by atoms with Crippen molar-refractivity contribution in [3.63, 3.8) is 0 Å². The van der Waals surface area contributed by atoms with Gasteiger partial charge in [0.05, 0.1) is 0 Å². The number of aryl methyl sites for hydroxylation is 1. The van der Waals surface area contributed by atoms with Crippen molar-refractivity contribution >= 4 is 11.3 Å². The monoisotopic (exact) mass is 224 g/mol. The third-order valence-corrected chi connectivity index (χ3v) is 4.03. The molecule has 84 valence electrons. The van der Waals surface area contributed by atoms with Crippen molar-refractivity contribution in [2.45, 2.75) is 58.0 Å². The van der Waals surface area contributed by atoms with Gasteiger partial charge < -0.3 is 5.32 Å². The van der Waals surface area contributed by atoms with E-state index in [-0.39, 0.29) is 0 Å². The average molecular weight is 224 g/mol. The molecule has 15 heavy (non-hydrogen) atoms. The van der Waals surface area contributed by atoms with E-state index in [0.29, 0.717) is 0 Å². The summed E-state index contributed by atoms with van der Waals surface area (Å²) in [6.07, 6.45) is 8.35. The van der Waals surface area contributed by atoms with Crippen LogP contribution in [0.4, 0.5) is 0 Å². The molecule has 1 aromatic heterocycles. The summed E-state index contributed by atoms with van der Waals surface area (Å²) in [5, 5.41) is 7.00. The maximum atomic E-state index is 4.47. The van der Waals surface area contributed by atoms with Crippen molar-refractivity contribution in [2.24, 2.45) is 0 Å². The van der Waals surface area contributed by atoms with E-state index >= 15 is 0 Å². The van der Waals surface area contributed by atoms with Gasteiger partial charge in [0, 0.05) is 23.7 Å². The Hall–Kier alpha value is -0.410. The van der Waals surface area contributed by atoms with E-state index in [4.69, 9.17) is 0 Å². The highest BCUT2D eigenvalue weighted by Crippen LogP contribution is 2.18. The van der Waals surface area contributed by atoms with Crippen LogP contribution in [0.25, 0.3) is 0 Å². The molecule has 1 heterocycles. The number of hydrogen-bond acceptors (Lipinski definition) is 3. The highest BCUT2D eigenvalue weighted by molar-refractivity contribution is 7.09. The van der Waals surface area contributed by atoms with E-state index < -0.39 is 0 Å². The Balaban J connectivity index is 1.76. The summed E-state index contributed by atoms with van der Waals surface area (Å²) in [6.45, 7) is 3.02. The van der Waals surface area contributed by atoms with Crippen LogP contribution in [0, 0.1) is 6.92 Å². The fourth-order valence-electron chi connectivity index (χ4n) is 2.20. The number of aromatic nitrogens is 1. The molecule has 0 aromatic carbocycles. The third kappa shape index (κ3) is 3.58. The van der Waals surface area contributed by atoms with E-state index in [1.165, 1.54) is 43.5 Å². The van der Waals surface area contributed by atoms with Crippen molar-refractivity contribution in [2.75, 3.05) is 0 Å². The Bertz CT molecular complexity index is 288. The maximum absolute atomic E-state index is 4.47. The fourth-order valence-corrected chi connectivity index (χ4v) is 2.92. The molecule has 0 bridgehead atoms. The van der Waals surface area contributed by atoms with Gasteiger partial charge in [-0.1, -0.05) is 25.7 Å². The molecule has 3 heteroatoms. The van der Waals surface area contributed by atoms with Crippen LogP contribution in [0.3, 0.4) is 0 Å². The van der Waals surface area contributed by atoms with Crippen molar-refractivity contribution in [1.82, 2.24) is 10.3 Å². The summed E-state index contributed by atoms with van der Waals surface area (Å²) in [6, 6.07) is 0.733. The first kappa shape index (κ1) is 11.1. The van der Waals surface area contributed by atoms with Crippen molar-refractivity contribution in [3.8, 4) is 0 Å². The Morgan fingerprint density at radius 1 is 1.33 bits per heavy atom. The van der Waals surface area contributed by atoms with Crippen molar-refractivity contribution in [1.29, 1.82) is 0 Å². The van der Waals surface area contributed by atoms with Crippen LogP contribution < -0.4 is 5.32 Å². The molecule has 1 saturated carbocycles. The first-order chi connectivity index (χ1) is 7.34. The second-order valence-electron chi connectivity index (χ2n) is 4.45. The van der Waals surface area contributed by atoms with E-state index in [0.717, 1.165) is 18.3 Å². The van der Waals surface area contributed by atoms with E-state index in [9.17, 15) is 0 Å². The van der Waals surface area contributed by atoms with Crippen molar-refractivity contribution in [3.05, 3.63) is 16.1 Å². The molecule has 1 N–H and O–H groups in total. The molecule has 1 aliphatic rings. The van der Waals surface area contributed by atoms with Gasteiger partial charge in [-0.15, -0.1) is 11.3 Å². The van der Waals surface area contributed by atoms with Gasteiger partial charge in [0.15, 0.2) is 0 Å². The molecule has 0 atom stereocenters. The van der Waals surface area contributed by atoms with E-state index in [2.05, 4.69) is 22.6 Å². The average Bonchev–Trinajstić information content (AvgIpc) is 2.52. The third-order valence-electron chi connectivity index (χ3n) is 3.06. The molecular formula is C12H20N2S. The summed E-state index contributed by atoms with van der Waals surface area (Å²) in [5.41, 5.74) is 1.15. The van der Waals surface area contributed by atoms with Gasteiger partial charge >= 0.3 is 0 Å². The first-order valence-corrected chi connectivity index (χ1v) is 6.87. The zero-order valence-electron chi connectivity index (χ0n) is 9.46. The Labute approximate surface area is 96.1 Å². The molecular weight excluding hydrogens is 204 g/mol. The van der Waals surface area contributed by atoms with Crippen LogP contribution >= 0.6 is 11.3 Å². The van der Waals surface area contributed by atoms with Crippen LogP contribution in [-0.4, -0.2) is 11.0 Å². The second-order valence-corrected chi connectivity index (χ2v) is 5.39. The standard InChI is InChI=1S/C12H20N2S/c1-10-9-15-12(14-10)8-13-11-6-4-2-3-5-7-11/h9,11,13H,2-8H2,1H3. The molecule has 0 aliphatic heterocycles. The van der Waals surface area contributed by atoms with Gasteiger partial charge in [0.1, 0.15) is 5.01 Å².